The molecule has 0 fully saturated rings. The minimum atomic E-state index is -0.625. The van der Waals surface area contributed by atoms with Gasteiger partial charge in [-0.1, -0.05) is 60.7 Å². The SMILES string of the molecule is COc1ccc([C@@H]2CC(c3ccccc3)=NN2C(=O)COC(=O)COc2ccccc2)cc1. The number of carbonyl (C=O) groups is 2. The van der Waals surface area contributed by atoms with Gasteiger partial charge in [0.15, 0.2) is 13.2 Å². The Kier molecular flexibility index (Phi) is 6.99. The van der Waals surface area contributed by atoms with Gasteiger partial charge in [0.05, 0.1) is 18.9 Å². The van der Waals surface area contributed by atoms with Crippen LogP contribution in [0.2, 0.25) is 0 Å². The molecule has 1 aliphatic rings. The topological polar surface area (TPSA) is 77.4 Å². The third-order valence-electron chi connectivity index (χ3n) is 5.23. The molecular weight excluding hydrogens is 420 g/mol. The molecule has 1 heterocycles. The van der Waals surface area contributed by atoms with Crippen molar-refractivity contribution in [2.45, 2.75) is 12.5 Å². The van der Waals surface area contributed by atoms with E-state index in [-0.39, 0.29) is 12.6 Å². The van der Waals surface area contributed by atoms with E-state index in [0.29, 0.717) is 12.2 Å². The molecule has 4 rings (SSSR count). The maximum absolute atomic E-state index is 13.0. The first-order valence-corrected chi connectivity index (χ1v) is 10.6. The zero-order chi connectivity index (χ0) is 23.0. The summed E-state index contributed by atoms with van der Waals surface area (Å²) < 4.78 is 15.8. The van der Waals surface area contributed by atoms with Crippen molar-refractivity contribution in [1.82, 2.24) is 5.01 Å². The van der Waals surface area contributed by atoms with Crippen molar-refractivity contribution in [3.8, 4) is 11.5 Å². The van der Waals surface area contributed by atoms with Gasteiger partial charge in [-0.25, -0.2) is 9.80 Å². The normalized spacial score (nSPS) is 15.0. The van der Waals surface area contributed by atoms with Crippen molar-refractivity contribution in [3.63, 3.8) is 0 Å². The molecule has 0 bridgehead atoms. The number of benzene rings is 3. The molecule has 0 radical (unpaired) electrons. The van der Waals surface area contributed by atoms with Crippen LogP contribution in [-0.2, 0) is 14.3 Å². The van der Waals surface area contributed by atoms with Gasteiger partial charge in [0.25, 0.3) is 5.91 Å². The van der Waals surface area contributed by atoms with Crippen LogP contribution < -0.4 is 9.47 Å². The summed E-state index contributed by atoms with van der Waals surface area (Å²) in [6.07, 6.45) is 0.549. The number of esters is 1. The Bertz CT molecular complexity index is 1110. The lowest BCUT2D eigenvalue weighted by molar-refractivity contribution is -0.154. The molecule has 33 heavy (non-hydrogen) atoms. The van der Waals surface area contributed by atoms with E-state index in [1.807, 2.05) is 60.7 Å². The van der Waals surface area contributed by atoms with Gasteiger partial charge in [-0.05, 0) is 35.4 Å². The molecule has 168 valence electrons. The average molecular weight is 444 g/mol. The number of para-hydroxylation sites is 1. The largest absolute Gasteiger partial charge is 0.497 e. The summed E-state index contributed by atoms with van der Waals surface area (Å²) >= 11 is 0. The fraction of sp³-hybridized carbons (Fsp3) is 0.192. The zero-order valence-electron chi connectivity index (χ0n) is 18.2. The first-order chi connectivity index (χ1) is 16.1. The van der Waals surface area contributed by atoms with E-state index >= 15 is 0 Å². The average Bonchev–Trinajstić information content (AvgIpc) is 3.33. The van der Waals surface area contributed by atoms with Crippen LogP contribution in [0, 0.1) is 0 Å². The highest BCUT2D eigenvalue weighted by Crippen LogP contribution is 2.33. The van der Waals surface area contributed by atoms with E-state index in [4.69, 9.17) is 14.2 Å². The smallest absolute Gasteiger partial charge is 0.344 e. The minimum absolute atomic E-state index is 0.280. The fourth-order valence-corrected chi connectivity index (χ4v) is 3.54. The summed E-state index contributed by atoms with van der Waals surface area (Å²) in [6, 6.07) is 25.8. The third-order valence-corrected chi connectivity index (χ3v) is 5.23. The van der Waals surface area contributed by atoms with E-state index in [2.05, 4.69) is 5.10 Å². The van der Waals surface area contributed by atoms with Gasteiger partial charge in [-0.2, -0.15) is 5.10 Å². The Morgan fingerprint density at radius 2 is 1.55 bits per heavy atom. The van der Waals surface area contributed by atoms with Crippen LogP contribution in [0.4, 0.5) is 0 Å². The highest BCUT2D eigenvalue weighted by Gasteiger charge is 2.33. The van der Waals surface area contributed by atoms with Crippen LogP contribution in [-0.4, -0.2) is 42.9 Å². The summed E-state index contributed by atoms with van der Waals surface area (Å²) in [7, 11) is 1.60. The van der Waals surface area contributed by atoms with Gasteiger partial charge in [0.1, 0.15) is 11.5 Å². The molecule has 3 aromatic carbocycles. The van der Waals surface area contributed by atoms with Crippen molar-refractivity contribution in [3.05, 3.63) is 96.1 Å². The Balaban J connectivity index is 1.44. The van der Waals surface area contributed by atoms with Crippen LogP contribution in [0.15, 0.2) is 90.0 Å². The predicted octanol–water partition coefficient (Wildman–Crippen LogP) is 4.00. The third kappa shape index (κ3) is 5.57. The number of hydrazone groups is 1. The van der Waals surface area contributed by atoms with Crippen molar-refractivity contribution < 1.29 is 23.8 Å². The first-order valence-electron chi connectivity index (χ1n) is 10.6. The monoisotopic (exact) mass is 444 g/mol. The van der Waals surface area contributed by atoms with Gasteiger partial charge < -0.3 is 14.2 Å². The first kappa shape index (κ1) is 22.1. The Morgan fingerprint density at radius 3 is 2.21 bits per heavy atom. The van der Waals surface area contributed by atoms with E-state index in [0.717, 1.165) is 22.6 Å². The highest BCUT2D eigenvalue weighted by atomic mass is 16.6. The molecule has 7 nitrogen and oxygen atoms in total. The molecule has 0 aliphatic carbocycles. The number of hydrogen-bond acceptors (Lipinski definition) is 6. The number of amides is 1. The molecule has 0 saturated heterocycles. The maximum Gasteiger partial charge on any atom is 0.344 e. The molecule has 7 heteroatoms. The van der Waals surface area contributed by atoms with Crippen LogP contribution in [0.1, 0.15) is 23.6 Å². The molecule has 3 aromatic rings. The Hall–Kier alpha value is -4.13. The van der Waals surface area contributed by atoms with Gasteiger partial charge in [0.2, 0.25) is 0 Å². The fourth-order valence-electron chi connectivity index (χ4n) is 3.54. The summed E-state index contributed by atoms with van der Waals surface area (Å²) in [4.78, 5) is 25.1. The van der Waals surface area contributed by atoms with Crippen LogP contribution in [0.5, 0.6) is 11.5 Å². The van der Waals surface area contributed by atoms with Gasteiger partial charge in [-0.15, -0.1) is 0 Å². The second-order valence-electron chi connectivity index (χ2n) is 7.41. The van der Waals surface area contributed by atoms with E-state index in [1.165, 1.54) is 5.01 Å². The Labute approximate surface area is 192 Å². The molecule has 0 spiro atoms. The second-order valence-corrected chi connectivity index (χ2v) is 7.41. The molecular formula is C26H24N2O5. The highest BCUT2D eigenvalue weighted by molar-refractivity contribution is 6.03. The Morgan fingerprint density at radius 1 is 0.879 bits per heavy atom. The molecule has 0 aromatic heterocycles. The van der Waals surface area contributed by atoms with Crippen LogP contribution >= 0.6 is 0 Å². The molecule has 1 atom stereocenters. The number of carbonyl (C=O) groups excluding carboxylic acids is 2. The van der Waals surface area contributed by atoms with Gasteiger partial charge >= 0.3 is 5.97 Å². The van der Waals surface area contributed by atoms with E-state index in [9.17, 15) is 9.59 Å². The number of rotatable bonds is 8. The lowest BCUT2D eigenvalue weighted by Gasteiger charge is -2.22. The van der Waals surface area contributed by atoms with Crippen LogP contribution in [0.25, 0.3) is 0 Å². The molecule has 0 N–H and O–H groups in total. The standard InChI is InChI=1S/C26H24N2O5/c1-31-21-14-12-20(13-15-21)24-16-23(19-8-4-2-5-9-19)27-28(24)25(29)17-33-26(30)18-32-22-10-6-3-7-11-22/h2-15,24H,16-18H2,1H3/t24-/m0/s1. The number of ether oxygens (including phenoxy) is 3. The molecule has 1 amide bonds. The van der Waals surface area contributed by atoms with Gasteiger partial charge in [0, 0.05) is 6.42 Å². The number of nitrogens with zero attached hydrogens (tertiary/aromatic N) is 2. The minimum Gasteiger partial charge on any atom is -0.497 e. The van der Waals surface area contributed by atoms with Crippen LogP contribution in [0.3, 0.4) is 0 Å². The number of hydrogen-bond donors (Lipinski definition) is 0. The second kappa shape index (κ2) is 10.5. The summed E-state index contributed by atoms with van der Waals surface area (Å²) in [6.45, 7) is -0.701. The predicted molar refractivity (Wildman–Crippen MR) is 123 cm³/mol. The lowest BCUT2D eigenvalue weighted by atomic mass is 9.98. The maximum atomic E-state index is 13.0. The van der Waals surface area contributed by atoms with E-state index in [1.54, 1.807) is 31.4 Å². The van der Waals surface area contributed by atoms with Crippen molar-refractivity contribution in [2.24, 2.45) is 5.10 Å². The van der Waals surface area contributed by atoms with Gasteiger partial charge in [-0.3, -0.25) is 4.79 Å². The quantitative estimate of drug-likeness (QED) is 0.491. The summed E-state index contributed by atoms with van der Waals surface area (Å²) in [5.74, 6) is 0.248. The van der Waals surface area contributed by atoms with Crippen molar-refractivity contribution >= 4 is 17.6 Å². The number of methoxy groups -OCH3 is 1. The van der Waals surface area contributed by atoms with Crippen molar-refractivity contribution in [1.29, 1.82) is 0 Å². The molecule has 0 saturated carbocycles. The molecule has 0 unspecified atom stereocenters. The molecule has 1 aliphatic heterocycles. The zero-order valence-corrected chi connectivity index (χ0v) is 18.2. The lowest BCUT2D eigenvalue weighted by Crippen LogP contribution is -2.32. The summed E-state index contributed by atoms with van der Waals surface area (Å²) in [5, 5.41) is 5.98. The summed E-state index contributed by atoms with van der Waals surface area (Å²) in [5.41, 5.74) is 2.65. The van der Waals surface area contributed by atoms with E-state index < -0.39 is 18.5 Å². The van der Waals surface area contributed by atoms with Crippen molar-refractivity contribution in [2.75, 3.05) is 20.3 Å².